The first-order valence-corrected chi connectivity index (χ1v) is 8.79. The quantitative estimate of drug-likeness (QED) is 0.793. The van der Waals surface area contributed by atoms with Gasteiger partial charge < -0.3 is 11.1 Å². The van der Waals surface area contributed by atoms with Crippen LogP contribution >= 0.6 is 15.9 Å². The van der Waals surface area contributed by atoms with Gasteiger partial charge in [0.25, 0.3) is 0 Å². The van der Waals surface area contributed by atoms with Crippen molar-refractivity contribution in [1.29, 1.82) is 0 Å². The maximum atomic E-state index is 6.15. The summed E-state index contributed by atoms with van der Waals surface area (Å²) in [4.78, 5) is 0. The molecule has 3 heteroatoms. The standard InChI is InChI=1S/C18H29BrN2/c1-13-5-6-15(19)16(11-13)21-18(12-20)9-7-14(8-10-18)17(2,3)4/h5-6,11,14,21H,7-10,12,20H2,1-4H3. The zero-order valence-corrected chi connectivity index (χ0v) is 15.4. The van der Waals surface area contributed by atoms with Crippen LogP contribution in [0.4, 0.5) is 5.69 Å². The molecule has 0 heterocycles. The molecule has 3 N–H and O–H groups in total. The molecule has 1 fully saturated rings. The van der Waals surface area contributed by atoms with Crippen LogP contribution in [0.3, 0.4) is 0 Å². The van der Waals surface area contributed by atoms with Gasteiger partial charge in [-0.15, -0.1) is 0 Å². The molecule has 0 aliphatic heterocycles. The molecule has 0 bridgehead atoms. The summed E-state index contributed by atoms with van der Waals surface area (Å²) in [7, 11) is 0. The molecule has 21 heavy (non-hydrogen) atoms. The Bertz CT molecular complexity index is 482. The highest BCUT2D eigenvalue weighted by molar-refractivity contribution is 9.10. The second-order valence-electron chi connectivity index (χ2n) is 7.73. The van der Waals surface area contributed by atoms with Gasteiger partial charge in [0.1, 0.15) is 0 Å². The van der Waals surface area contributed by atoms with E-state index in [2.05, 4.69) is 67.1 Å². The summed E-state index contributed by atoms with van der Waals surface area (Å²) in [6.45, 7) is 9.90. The van der Waals surface area contributed by atoms with Crippen molar-refractivity contribution in [2.75, 3.05) is 11.9 Å². The first-order valence-electron chi connectivity index (χ1n) is 8.00. The second-order valence-corrected chi connectivity index (χ2v) is 8.59. The first kappa shape index (κ1) is 16.8. The number of anilines is 1. The van der Waals surface area contributed by atoms with Gasteiger partial charge >= 0.3 is 0 Å². The number of nitrogens with one attached hydrogen (secondary N) is 1. The fourth-order valence-electron chi connectivity index (χ4n) is 3.44. The van der Waals surface area contributed by atoms with Gasteiger partial charge in [0.05, 0.1) is 0 Å². The van der Waals surface area contributed by atoms with Crippen molar-refractivity contribution >= 4 is 21.6 Å². The lowest BCUT2D eigenvalue weighted by atomic mass is 9.67. The van der Waals surface area contributed by atoms with Crippen molar-refractivity contribution in [2.24, 2.45) is 17.1 Å². The lowest BCUT2D eigenvalue weighted by Gasteiger charge is -2.44. The lowest BCUT2D eigenvalue weighted by molar-refractivity contribution is 0.145. The number of nitrogens with two attached hydrogens (primary N) is 1. The molecule has 2 rings (SSSR count). The molecular formula is C18H29BrN2. The van der Waals surface area contributed by atoms with E-state index >= 15 is 0 Å². The van der Waals surface area contributed by atoms with E-state index in [1.165, 1.54) is 24.1 Å². The van der Waals surface area contributed by atoms with Crippen LogP contribution in [0.25, 0.3) is 0 Å². The maximum absolute atomic E-state index is 6.15. The second kappa shape index (κ2) is 6.29. The number of halogens is 1. The number of hydrogen-bond donors (Lipinski definition) is 2. The van der Waals surface area contributed by atoms with Crippen molar-refractivity contribution in [3.63, 3.8) is 0 Å². The Morgan fingerprint density at radius 2 is 1.90 bits per heavy atom. The summed E-state index contributed by atoms with van der Waals surface area (Å²) in [5.74, 6) is 0.805. The molecule has 1 aliphatic carbocycles. The molecule has 0 spiro atoms. The van der Waals surface area contributed by atoms with Crippen LogP contribution in [0.2, 0.25) is 0 Å². The maximum Gasteiger partial charge on any atom is 0.0496 e. The highest BCUT2D eigenvalue weighted by atomic mass is 79.9. The van der Waals surface area contributed by atoms with Crippen LogP contribution in [0, 0.1) is 18.3 Å². The van der Waals surface area contributed by atoms with E-state index < -0.39 is 0 Å². The molecule has 1 aliphatic rings. The Hall–Kier alpha value is -0.540. The van der Waals surface area contributed by atoms with Crippen molar-refractivity contribution in [2.45, 2.75) is 58.9 Å². The van der Waals surface area contributed by atoms with Gasteiger partial charge in [-0.25, -0.2) is 0 Å². The number of aryl methyl sites for hydroxylation is 1. The topological polar surface area (TPSA) is 38.0 Å². The largest absolute Gasteiger partial charge is 0.377 e. The molecule has 118 valence electrons. The van der Waals surface area contributed by atoms with Gasteiger partial charge in [0, 0.05) is 22.2 Å². The highest BCUT2D eigenvalue weighted by Gasteiger charge is 2.38. The average molecular weight is 353 g/mol. The summed E-state index contributed by atoms with van der Waals surface area (Å²) in [5, 5.41) is 3.75. The van der Waals surface area contributed by atoms with Crippen LogP contribution in [0.5, 0.6) is 0 Å². The number of rotatable bonds is 3. The minimum Gasteiger partial charge on any atom is -0.377 e. The van der Waals surface area contributed by atoms with Gasteiger partial charge in [-0.1, -0.05) is 26.8 Å². The SMILES string of the molecule is Cc1ccc(Br)c(NC2(CN)CCC(C(C)(C)C)CC2)c1. The van der Waals surface area contributed by atoms with E-state index in [0.717, 1.165) is 23.2 Å². The molecule has 0 atom stereocenters. The summed E-state index contributed by atoms with van der Waals surface area (Å²) in [6, 6.07) is 6.45. The molecule has 0 unspecified atom stereocenters. The summed E-state index contributed by atoms with van der Waals surface area (Å²) in [6.07, 6.45) is 4.84. The predicted octanol–water partition coefficient (Wildman–Crippen LogP) is 5.10. The summed E-state index contributed by atoms with van der Waals surface area (Å²) < 4.78 is 1.12. The van der Waals surface area contributed by atoms with Crippen molar-refractivity contribution in [3.8, 4) is 0 Å². The Morgan fingerprint density at radius 3 is 2.43 bits per heavy atom. The minimum absolute atomic E-state index is 0.0536. The predicted molar refractivity (Wildman–Crippen MR) is 95.7 cm³/mol. The third-order valence-electron chi connectivity index (χ3n) is 5.08. The highest BCUT2D eigenvalue weighted by Crippen LogP contribution is 2.42. The summed E-state index contributed by atoms with van der Waals surface area (Å²) >= 11 is 3.65. The zero-order chi connectivity index (χ0) is 15.7. The molecule has 1 saturated carbocycles. The van der Waals surface area contributed by atoms with Gasteiger partial charge in [0.2, 0.25) is 0 Å². The van der Waals surface area contributed by atoms with Gasteiger partial charge in [-0.05, 0) is 77.6 Å². The molecular weight excluding hydrogens is 324 g/mol. The van der Waals surface area contributed by atoms with E-state index in [-0.39, 0.29) is 5.54 Å². The average Bonchev–Trinajstić information content (AvgIpc) is 2.42. The molecule has 2 nitrogen and oxygen atoms in total. The Morgan fingerprint density at radius 1 is 1.29 bits per heavy atom. The van der Waals surface area contributed by atoms with E-state index in [4.69, 9.17) is 5.73 Å². The van der Waals surface area contributed by atoms with Crippen LogP contribution in [-0.2, 0) is 0 Å². The van der Waals surface area contributed by atoms with Crippen LogP contribution in [0.15, 0.2) is 22.7 Å². The lowest BCUT2D eigenvalue weighted by Crippen LogP contribution is -2.49. The minimum atomic E-state index is 0.0536. The Balaban J connectivity index is 2.12. The van der Waals surface area contributed by atoms with Gasteiger partial charge in [0.15, 0.2) is 0 Å². The van der Waals surface area contributed by atoms with Crippen LogP contribution < -0.4 is 11.1 Å². The molecule has 1 aromatic carbocycles. The van der Waals surface area contributed by atoms with Crippen molar-refractivity contribution < 1.29 is 0 Å². The van der Waals surface area contributed by atoms with Crippen molar-refractivity contribution in [1.82, 2.24) is 0 Å². The molecule has 0 saturated heterocycles. The molecule has 0 amide bonds. The monoisotopic (exact) mass is 352 g/mol. The fourth-order valence-corrected chi connectivity index (χ4v) is 3.78. The van der Waals surface area contributed by atoms with E-state index in [1.807, 2.05) is 0 Å². The number of hydrogen-bond acceptors (Lipinski definition) is 2. The third-order valence-corrected chi connectivity index (χ3v) is 5.77. The smallest absolute Gasteiger partial charge is 0.0496 e. The van der Waals surface area contributed by atoms with Crippen LogP contribution in [0.1, 0.15) is 52.0 Å². The van der Waals surface area contributed by atoms with Gasteiger partial charge in [-0.2, -0.15) is 0 Å². The summed E-state index contributed by atoms with van der Waals surface area (Å²) in [5.41, 5.74) is 9.06. The Kier molecular flexibility index (Phi) is 5.04. The molecule has 1 aromatic rings. The fraction of sp³-hybridized carbons (Fsp3) is 0.667. The van der Waals surface area contributed by atoms with Gasteiger partial charge in [-0.3, -0.25) is 0 Å². The third kappa shape index (κ3) is 4.01. The van der Waals surface area contributed by atoms with E-state index in [0.29, 0.717) is 12.0 Å². The Labute approximate surface area is 138 Å². The number of benzene rings is 1. The molecule has 0 radical (unpaired) electrons. The molecule has 0 aromatic heterocycles. The zero-order valence-electron chi connectivity index (χ0n) is 13.8. The first-order chi connectivity index (χ1) is 9.76. The van der Waals surface area contributed by atoms with E-state index in [9.17, 15) is 0 Å². The van der Waals surface area contributed by atoms with Crippen LogP contribution in [-0.4, -0.2) is 12.1 Å². The van der Waals surface area contributed by atoms with Crippen molar-refractivity contribution in [3.05, 3.63) is 28.2 Å². The normalized spacial score (nSPS) is 26.7. The van der Waals surface area contributed by atoms with E-state index in [1.54, 1.807) is 0 Å².